The molecule has 2 aliphatic rings. The number of β-amino-alcohol motifs (C(OH)–C–C–N with tert-alkyl or cyclic N) is 1. The molecule has 3 aromatic carbocycles. The van der Waals surface area contributed by atoms with E-state index in [2.05, 4.69) is 36.1 Å². The van der Waals surface area contributed by atoms with Crippen LogP contribution in [0.4, 0.5) is 24.5 Å². The minimum Gasteiger partial charge on any atom is -0.391 e. The number of aromatic nitrogens is 2. The number of pyridine rings is 1. The second kappa shape index (κ2) is 22.0. The molecular formula is C51H58F3N9O7S. The Labute approximate surface area is 413 Å². The number of anilines is 2. The van der Waals surface area contributed by atoms with E-state index in [-0.39, 0.29) is 44.6 Å². The average molecular weight is 998 g/mol. The molecule has 7 rings (SSSR count). The first-order chi connectivity index (χ1) is 33.7. The van der Waals surface area contributed by atoms with Crippen molar-refractivity contribution >= 4 is 52.2 Å². The number of halogens is 3. The molecule has 0 bridgehead atoms. The van der Waals surface area contributed by atoms with E-state index in [1.807, 2.05) is 49.2 Å². The summed E-state index contributed by atoms with van der Waals surface area (Å²) in [5.41, 5.74) is 3.23. The van der Waals surface area contributed by atoms with Crippen molar-refractivity contribution in [2.45, 2.75) is 77.9 Å². The van der Waals surface area contributed by atoms with Crippen LogP contribution in [0.25, 0.3) is 21.6 Å². The standard InChI is InChI=1S/C51H58F3N9O7S/c1-30-44(71-29-58-30)33-10-8-31(9-11-33)26-57-48(69)41-24-36(64)28-63(41)49(70)45(50(2,3)4)60-42(65)7-6-18-55-46(67)34-14-12-32(13-15-34)35-16-17-40(62-21-19-61(5)20-22-62)39(23-35)59-47(68)37-27-56-43(66)25-38(37)51(52,53)54/h8-17,23,25,27,29,36,41,45,64H,6-7,18-22,24,26,28H2,1-5H3,(H,55,67)(H,56,66)(H,57,69)(H,59,68)(H,60,65)/t36-,41-,45+/m0/s1. The second-order valence-electron chi connectivity index (χ2n) is 19.0. The number of carbonyl (C=O) groups excluding carboxylic acids is 5. The first kappa shape index (κ1) is 51.9. The van der Waals surface area contributed by atoms with Crippen LogP contribution in [-0.4, -0.2) is 119 Å². The lowest BCUT2D eigenvalue weighted by Gasteiger charge is -2.35. The van der Waals surface area contributed by atoms with Crippen LogP contribution < -0.4 is 31.7 Å². The highest BCUT2D eigenvalue weighted by Crippen LogP contribution is 2.35. The zero-order chi connectivity index (χ0) is 51.2. The molecule has 20 heteroatoms. The summed E-state index contributed by atoms with van der Waals surface area (Å²) in [6, 6.07) is 18.0. The van der Waals surface area contributed by atoms with E-state index in [1.165, 1.54) is 4.90 Å². The number of H-pyrrole nitrogens is 1. The summed E-state index contributed by atoms with van der Waals surface area (Å²) in [6.45, 7) is 10.3. The molecule has 6 N–H and O–H groups in total. The molecule has 0 aliphatic carbocycles. The summed E-state index contributed by atoms with van der Waals surface area (Å²) in [6.07, 6.45) is -4.84. The first-order valence-electron chi connectivity index (χ1n) is 23.3. The van der Waals surface area contributed by atoms with Gasteiger partial charge in [0, 0.05) is 76.5 Å². The monoisotopic (exact) mass is 997 g/mol. The molecule has 0 unspecified atom stereocenters. The number of amides is 5. The number of nitrogens with zero attached hydrogens (tertiary/aromatic N) is 4. The number of hydrogen-bond acceptors (Lipinski definition) is 11. The van der Waals surface area contributed by atoms with Gasteiger partial charge >= 0.3 is 6.18 Å². The maximum atomic E-state index is 14.1. The van der Waals surface area contributed by atoms with E-state index < -0.39 is 76.0 Å². The zero-order valence-corrected chi connectivity index (χ0v) is 40.9. The van der Waals surface area contributed by atoms with Gasteiger partial charge in [-0.05, 0) is 72.3 Å². The molecule has 4 heterocycles. The van der Waals surface area contributed by atoms with Crippen LogP contribution in [0.3, 0.4) is 0 Å². The number of aliphatic hydroxyl groups is 1. The fourth-order valence-corrected chi connectivity index (χ4v) is 9.41. The third-order valence-corrected chi connectivity index (χ3v) is 13.6. The van der Waals surface area contributed by atoms with Crippen molar-refractivity contribution in [2.24, 2.45) is 5.41 Å². The Morgan fingerprint density at radius 1 is 0.887 bits per heavy atom. The third kappa shape index (κ3) is 12.9. The lowest BCUT2D eigenvalue weighted by atomic mass is 9.85. The van der Waals surface area contributed by atoms with Gasteiger partial charge in [-0.1, -0.05) is 63.2 Å². The average Bonchev–Trinajstić information content (AvgIpc) is 3.95. The number of hydrogen-bond donors (Lipinski definition) is 6. The van der Waals surface area contributed by atoms with Crippen LogP contribution in [0, 0.1) is 12.3 Å². The molecule has 5 amide bonds. The number of thiazole rings is 1. The Hall–Kier alpha value is -6.90. The SMILES string of the molecule is Cc1ncsc1-c1ccc(CNC(=O)[C@@H]2C[C@H](O)CN2C(=O)[C@@H](NC(=O)CCCNC(=O)c2ccc(-c3ccc(N4CCN(C)CC4)c(NC(=O)c4c[nH]c(=O)cc4C(F)(F)F)c3)cc2)C(C)(C)C)cc1. The molecule has 376 valence electrons. The lowest BCUT2D eigenvalue weighted by Crippen LogP contribution is -2.57. The van der Waals surface area contributed by atoms with Crippen molar-refractivity contribution in [3.8, 4) is 21.6 Å². The lowest BCUT2D eigenvalue weighted by molar-refractivity contribution is -0.144. The summed E-state index contributed by atoms with van der Waals surface area (Å²) in [5, 5.41) is 21.8. The number of aryl methyl sites for hydroxylation is 1. The smallest absolute Gasteiger partial charge is 0.391 e. The van der Waals surface area contributed by atoms with E-state index in [0.29, 0.717) is 41.5 Å². The fraction of sp³-hybridized carbons (Fsp3) is 0.392. The number of aromatic amines is 1. The van der Waals surface area contributed by atoms with Gasteiger partial charge in [-0.2, -0.15) is 13.2 Å². The van der Waals surface area contributed by atoms with E-state index in [0.717, 1.165) is 41.0 Å². The Kier molecular flexibility index (Phi) is 16.1. The van der Waals surface area contributed by atoms with Gasteiger partial charge in [-0.15, -0.1) is 11.3 Å². The number of piperazine rings is 1. The maximum Gasteiger partial charge on any atom is 0.417 e. The minimum atomic E-state index is -4.95. The topological polar surface area (TPSA) is 209 Å². The maximum absolute atomic E-state index is 14.1. The van der Waals surface area contributed by atoms with Gasteiger partial charge in [-0.3, -0.25) is 28.8 Å². The van der Waals surface area contributed by atoms with Crippen molar-refractivity contribution < 1.29 is 42.3 Å². The summed E-state index contributed by atoms with van der Waals surface area (Å²) in [5.74, 6) is -2.78. The predicted octanol–water partition coefficient (Wildman–Crippen LogP) is 5.82. The summed E-state index contributed by atoms with van der Waals surface area (Å²) >= 11 is 1.55. The van der Waals surface area contributed by atoms with Gasteiger partial charge in [-0.25, -0.2) is 4.98 Å². The third-order valence-electron chi connectivity index (χ3n) is 12.6. The number of aliphatic hydroxyl groups excluding tert-OH is 1. The predicted molar refractivity (Wildman–Crippen MR) is 265 cm³/mol. The van der Waals surface area contributed by atoms with Gasteiger partial charge in [0.15, 0.2) is 0 Å². The molecule has 16 nitrogen and oxygen atoms in total. The summed E-state index contributed by atoms with van der Waals surface area (Å²) < 4.78 is 41.6. The first-order valence-corrected chi connectivity index (χ1v) is 24.2. The molecule has 2 aromatic heterocycles. The van der Waals surface area contributed by atoms with Crippen LogP contribution in [0.2, 0.25) is 0 Å². The molecule has 2 saturated heterocycles. The van der Waals surface area contributed by atoms with Gasteiger partial charge in [0.1, 0.15) is 12.1 Å². The molecule has 0 radical (unpaired) electrons. The van der Waals surface area contributed by atoms with Crippen LogP contribution in [0.5, 0.6) is 0 Å². The highest BCUT2D eigenvalue weighted by molar-refractivity contribution is 7.13. The number of likely N-dealkylation sites (tertiary alicyclic amines) is 1. The number of nitrogens with one attached hydrogen (secondary N) is 5. The quantitative estimate of drug-likeness (QED) is 0.0694. The Bertz CT molecular complexity index is 2800. The molecule has 5 aromatic rings. The molecule has 0 saturated carbocycles. The van der Waals surface area contributed by atoms with Crippen molar-refractivity contribution in [3.63, 3.8) is 0 Å². The molecule has 71 heavy (non-hydrogen) atoms. The van der Waals surface area contributed by atoms with Crippen molar-refractivity contribution in [2.75, 3.05) is 56.5 Å². The van der Waals surface area contributed by atoms with E-state index in [1.54, 1.807) is 74.0 Å². The molecule has 3 atom stereocenters. The molecule has 2 fully saturated rings. The van der Waals surface area contributed by atoms with Crippen LogP contribution >= 0.6 is 11.3 Å². The van der Waals surface area contributed by atoms with Crippen LogP contribution in [0.1, 0.15) is 77.6 Å². The van der Waals surface area contributed by atoms with E-state index >= 15 is 0 Å². The summed E-state index contributed by atoms with van der Waals surface area (Å²) in [4.78, 5) is 92.3. The number of carbonyl (C=O) groups is 5. The van der Waals surface area contributed by atoms with Crippen molar-refractivity contribution in [1.29, 1.82) is 0 Å². The highest BCUT2D eigenvalue weighted by atomic mass is 32.1. The normalized spacial score (nSPS) is 16.9. The van der Waals surface area contributed by atoms with Crippen LogP contribution in [-0.2, 0) is 27.1 Å². The number of alkyl halides is 3. The Morgan fingerprint density at radius 2 is 1.56 bits per heavy atom. The Morgan fingerprint density at radius 3 is 2.21 bits per heavy atom. The number of likely N-dealkylation sites (N-methyl/N-ethyl adjacent to an activating group) is 1. The zero-order valence-electron chi connectivity index (χ0n) is 40.1. The van der Waals surface area contributed by atoms with Crippen molar-refractivity contribution in [3.05, 3.63) is 123 Å². The fourth-order valence-electron chi connectivity index (χ4n) is 8.60. The Balaban J connectivity index is 0.930. The van der Waals surface area contributed by atoms with Gasteiger partial charge in [0.25, 0.3) is 11.8 Å². The molecule has 0 spiro atoms. The molecule has 2 aliphatic heterocycles. The van der Waals surface area contributed by atoms with Gasteiger partial charge in [0.05, 0.1) is 44.7 Å². The van der Waals surface area contributed by atoms with Crippen LogP contribution in [0.15, 0.2) is 89.3 Å². The second-order valence-corrected chi connectivity index (χ2v) is 19.8. The van der Waals surface area contributed by atoms with E-state index in [4.69, 9.17) is 0 Å². The molecular weight excluding hydrogens is 940 g/mol. The largest absolute Gasteiger partial charge is 0.417 e. The van der Waals surface area contributed by atoms with Crippen molar-refractivity contribution in [1.82, 2.24) is 35.7 Å². The van der Waals surface area contributed by atoms with Gasteiger partial charge in [0.2, 0.25) is 23.3 Å². The number of rotatable bonds is 15. The van der Waals surface area contributed by atoms with Gasteiger partial charge < -0.3 is 46.1 Å². The highest BCUT2D eigenvalue weighted by Gasteiger charge is 2.44. The number of benzene rings is 3. The minimum absolute atomic E-state index is 0.0182. The summed E-state index contributed by atoms with van der Waals surface area (Å²) in [7, 11) is 1.98. The van der Waals surface area contributed by atoms with E-state index in [9.17, 15) is 47.0 Å².